The first-order chi connectivity index (χ1) is 17.2. The third kappa shape index (κ3) is 17.0. The molecule has 0 spiro atoms. The molecule has 1 aliphatic heterocycles. The van der Waals surface area contributed by atoms with Crippen LogP contribution in [-0.4, -0.2) is 61.1 Å². The molecule has 0 saturated carbocycles. The Balaban J connectivity index is 2.08. The van der Waals surface area contributed by atoms with Crippen LogP contribution in [0.4, 0.5) is 0 Å². The quantitative estimate of drug-likeness (QED) is 0.122. The molecule has 0 aliphatic carbocycles. The van der Waals surface area contributed by atoms with Gasteiger partial charge in [-0.05, 0) is 12.8 Å². The molecule has 0 radical (unpaired) electrons. The number of unbranched alkanes of at least 4 members (excludes halogenated alkanes) is 18. The van der Waals surface area contributed by atoms with Crippen LogP contribution in [0.25, 0.3) is 0 Å². The number of aliphatic hydroxyl groups is 2. The lowest BCUT2D eigenvalue weighted by molar-refractivity contribution is -0.118. The standard InChI is InChI=1S/C30H60O5/c1-3-5-7-9-11-13-15-17-19-21-23-33-28(25-31)30-29(27(32)26-35-30)34-24-22-20-18-16-14-12-10-8-6-4-2/h27-32H,3-26H2,1-2H3/t27-,28+,29+,30+/m0/s1. The van der Waals surface area contributed by atoms with Crippen LogP contribution >= 0.6 is 0 Å². The van der Waals surface area contributed by atoms with Crippen LogP contribution in [0, 0.1) is 0 Å². The SMILES string of the molecule is CCCCCCCCCCCCO[C@H]1[C@@H]([C@@H](CO)OCCCCCCCCCCCC)OC[C@@H]1O. The van der Waals surface area contributed by atoms with E-state index in [1.54, 1.807) is 0 Å². The van der Waals surface area contributed by atoms with Gasteiger partial charge in [-0.25, -0.2) is 0 Å². The van der Waals surface area contributed by atoms with Gasteiger partial charge in [-0.3, -0.25) is 0 Å². The summed E-state index contributed by atoms with van der Waals surface area (Å²) in [6, 6.07) is 0. The molecular weight excluding hydrogens is 440 g/mol. The van der Waals surface area contributed by atoms with Crippen molar-refractivity contribution in [3.8, 4) is 0 Å². The first-order valence-electron chi connectivity index (χ1n) is 15.4. The summed E-state index contributed by atoms with van der Waals surface area (Å²) in [4.78, 5) is 0. The molecule has 1 heterocycles. The molecule has 210 valence electrons. The summed E-state index contributed by atoms with van der Waals surface area (Å²) in [6.45, 7) is 5.94. The van der Waals surface area contributed by atoms with Crippen LogP contribution in [0.1, 0.15) is 142 Å². The Morgan fingerprint density at radius 3 is 1.54 bits per heavy atom. The number of hydrogen-bond acceptors (Lipinski definition) is 5. The Labute approximate surface area is 217 Å². The van der Waals surface area contributed by atoms with Gasteiger partial charge < -0.3 is 24.4 Å². The van der Waals surface area contributed by atoms with Crippen LogP contribution < -0.4 is 0 Å². The van der Waals surface area contributed by atoms with Gasteiger partial charge in [-0.2, -0.15) is 0 Å². The zero-order valence-electron chi connectivity index (χ0n) is 23.4. The topological polar surface area (TPSA) is 68.2 Å². The number of ether oxygens (including phenoxy) is 3. The van der Waals surface area contributed by atoms with Crippen molar-refractivity contribution in [2.24, 2.45) is 0 Å². The molecule has 1 aliphatic rings. The largest absolute Gasteiger partial charge is 0.394 e. The Hall–Kier alpha value is -0.200. The van der Waals surface area contributed by atoms with Crippen LogP contribution in [0.3, 0.4) is 0 Å². The zero-order valence-corrected chi connectivity index (χ0v) is 23.4. The fourth-order valence-corrected chi connectivity index (χ4v) is 5.03. The van der Waals surface area contributed by atoms with E-state index in [2.05, 4.69) is 13.8 Å². The number of rotatable bonds is 26. The Bertz CT molecular complexity index is 433. The molecule has 2 N–H and O–H groups in total. The summed E-state index contributed by atoms with van der Waals surface area (Å²) in [5.74, 6) is 0. The van der Waals surface area contributed by atoms with Gasteiger partial charge in [0, 0.05) is 13.2 Å². The summed E-state index contributed by atoms with van der Waals surface area (Å²) in [6.07, 6.45) is 23.9. The second kappa shape index (κ2) is 24.2. The normalized spacial score (nSPS) is 21.1. The van der Waals surface area contributed by atoms with Crippen molar-refractivity contribution in [1.29, 1.82) is 0 Å². The lowest BCUT2D eigenvalue weighted by Gasteiger charge is -2.27. The van der Waals surface area contributed by atoms with Crippen molar-refractivity contribution in [3.63, 3.8) is 0 Å². The van der Waals surface area contributed by atoms with Gasteiger partial charge in [0.25, 0.3) is 0 Å². The second-order valence-electron chi connectivity index (χ2n) is 10.7. The molecule has 1 fully saturated rings. The van der Waals surface area contributed by atoms with Gasteiger partial charge >= 0.3 is 0 Å². The van der Waals surface area contributed by atoms with E-state index >= 15 is 0 Å². The smallest absolute Gasteiger partial charge is 0.115 e. The fourth-order valence-electron chi connectivity index (χ4n) is 5.03. The van der Waals surface area contributed by atoms with Crippen molar-refractivity contribution in [3.05, 3.63) is 0 Å². The van der Waals surface area contributed by atoms with E-state index in [9.17, 15) is 10.2 Å². The summed E-state index contributed by atoms with van der Waals surface area (Å²) in [7, 11) is 0. The first kappa shape index (κ1) is 32.8. The van der Waals surface area contributed by atoms with E-state index < -0.39 is 18.3 Å². The number of aliphatic hydroxyl groups excluding tert-OH is 2. The van der Waals surface area contributed by atoms with Crippen molar-refractivity contribution in [2.45, 2.75) is 167 Å². The van der Waals surface area contributed by atoms with Gasteiger partial charge in [-0.15, -0.1) is 0 Å². The van der Waals surface area contributed by atoms with E-state index in [0.717, 1.165) is 12.8 Å². The van der Waals surface area contributed by atoms with Crippen LogP contribution in [-0.2, 0) is 14.2 Å². The van der Waals surface area contributed by atoms with Crippen LogP contribution in [0.5, 0.6) is 0 Å². The van der Waals surface area contributed by atoms with Gasteiger partial charge in [0.1, 0.15) is 24.4 Å². The summed E-state index contributed by atoms with van der Waals surface area (Å²) in [5, 5.41) is 20.2. The molecule has 0 aromatic rings. The molecule has 0 aromatic heterocycles. The predicted molar refractivity (Wildman–Crippen MR) is 146 cm³/mol. The van der Waals surface area contributed by atoms with E-state index in [0.29, 0.717) is 13.2 Å². The highest BCUT2D eigenvalue weighted by Gasteiger charge is 2.42. The predicted octanol–water partition coefficient (Wildman–Crippen LogP) is 7.35. The fraction of sp³-hybridized carbons (Fsp3) is 1.00. The maximum Gasteiger partial charge on any atom is 0.115 e. The summed E-state index contributed by atoms with van der Waals surface area (Å²) in [5.41, 5.74) is 0. The zero-order chi connectivity index (χ0) is 25.4. The van der Waals surface area contributed by atoms with Crippen molar-refractivity contribution in [2.75, 3.05) is 26.4 Å². The lowest BCUT2D eigenvalue weighted by Crippen LogP contribution is -2.44. The van der Waals surface area contributed by atoms with Gasteiger partial charge in [0.05, 0.1) is 13.2 Å². The van der Waals surface area contributed by atoms with Crippen LogP contribution in [0.2, 0.25) is 0 Å². The molecule has 5 heteroatoms. The van der Waals surface area contributed by atoms with Gasteiger partial charge in [0.15, 0.2) is 0 Å². The Morgan fingerprint density at radius 2 is 1.09 bits per heavy atom. The first-order valence-corrected chi connectivity index (χ1v) is 15.4. The van der Waals surface area contributed by atoms with Gasteiger partial charge in [-0.1, -0.05) is 129 Å². The molecule has 5 nitrogen and oxygen atoms in total. The minimum absolute atomic E-state index is 0.104. The molecule has 4 atom stereocenters. The van der Waals surface area contributed by atoms with Crippen molar-refractivity contribution < 1.29 is 24.4 Å². The average molecular weight is 501 g/mol. The maximum atomic E-state index is 10.3. The van der Waals surface area contributed by atoms with E-state index in [4.69, 9.17) is 14.2 Å². The maximum absolute atomic E-state index is 10.3. The van der Waals surface area contributed by atoms with Crippen molar-refractivity contribution in [1.82, 2.24) is 0 Å². The number of hydrogen-bond donors (Lipinski definition) is 2. The molecule has 0 amide bonds. The van der Waals surface area contributed by atoms with E-state index in [1.165, 1.54) is 116 Å². The summed E-state index contributed by atoms with van der Waals surface area (Å²) < 4.78 is 17.8. The van der Waals surface area contributed by atoms with E-state index in [-0.39, 0.29) is 19.3 Å². The van der Waals surface area contributed by atoms with Crippen LogP contribution in [0.15, 0.2) is 0 Å². The third-order valence-corrected chi connectivity index (χ3v) is 7.35. The molecule has 1 rings (SSSR count). The van der Waals surface area contributed by atoms with E-state index in [1.807, 2.05) is 0 Å². The summed E-state index contributed by atoms with van der Waals surface area (Å²) >= 11 is 0. The molecule has 1 saturated heterocycles. The average Bonchev–Trinajstić information content (AvgIpc) is 3.23. The minimum Gasteiger partial charge on any atom is -0.394 e. The lowest BCUT2D eigenvalue weighted by atomic mass is 10.1. The second-order valence-corrected chi connectivity index (χ2v) is 10.7. The highest BCUT2D eigenvalue weighted by molar-refractivity contribution is 4.90. The Morgan fingerprint density at radius 1 is 0.657 bits per heavy atom. The molecular formula is C30H60O5. The molecule has 0 unspecified atom stereocenters. The van der Waals surface area contributed by atoms with Gasteiger partial charge in [0.2, 0.25) is 0 Å². The highest BCUT2D eigenvalue weighted by atomic mass is 16.6. The van der Waals surface area contributed by atoms with Crippen molar-refractivity contribution >= 4 is 0 Å². The Kier molecular flexibility index (Phi) is 22.7. The third-order valence-electron chi connectivity index (χ3n) is 7.35. The highest BCUT2D eigenvalue weighted by Crippen LogP contribution is 2.23. The monoisotopic (exact) mass is 500 g/mol. The minimum atomic E-state index is -0.641. The molecule has 0 bridgehead atoms. The molecule has 0 aromatic carbocycles. The molecule has 35 heavy (non-hydrogen) atoms.